The summed E-state index contributed by atoms with van der Waals surface area (Å²) >= 11 is 0. The Kier molecular flexibility index (Phi) is 8.19. The molecule has 5 nitrogen and oxygen atoms in total. The van der Waals surface area contributed by atoms with Crippen LogP contribution in [0.25, 0.3) is 0 Å². The molecule has 0 bridgehead atoms. The normalized spacial score (nSPS) is 13.2. The van der Waals surface area contributed by atoms with Gasteiger partial charge in [0.15, 0.2) is 12.2 Å². The molecule has 1 amide bonds. The van der Waals surface area contributed by atoms with Gasteiger partial charge in [-0.25, -0.2) is 4.79 Å². The van der Waals surface area contributed by atoms with Crippen molar-refractivity contribution in [1.82, 2.24) is 4.90 Å². The summed E-state index contributed by atoms with van der Waals surface area (Å²) in [7, 11) is 0. The van der Waals surface area contributed by atoms with E-state index in [9.17, 15) is 9.59 Å². The van der Waals surface area contributed by atoms with Crippen LogP contribution < -0.4 is 0 Å². The first kappa shape index (κ1) is 19.9. The quantitative estimate of drug-likeness (QED) is 0.515. The molecule has 0 aliphatic carbocycles. The number of carbonyl (C=O) groups is 2. The van der Waals surface area contributed by atoms with Gasteiger partial charge in [-0.2, -0.15) is 0 Å². The Balaban J connectivity index is 2.69. The molecule has 0 saturated heterocycles. The summed E-state index contributed by atoms with van der Waals surface area (Å²) in [5, 5.41) is 0. The fourth-order valence-electron chi connectivity index (χ4n) is 2.13. The van der Waals surface area contributed by atoms with Crippen LogP contribution in [-0.4, -0.2) is 41.6 Å². The number of hydrogen-bond donors (Lipinski definition) is 0. The van der Waals surface area contributed by atoms with E-state index in [2.05, 4.69) is 6.58 Å². The average Bonchev–Trinajstić information content (AvgIpc) is 2.57. The summed E-state index contributed by atoms with van der Waals surface area (Å²) in [6.07, 6.45) is -0.0445. The van der Waals surface area contributed by atoms with Gasteiger partial charge in [0, 0.05) is 12.6 Å². The Bertz CT molecular complexity index is 542. The molecule has 1 aromatic carbocycles. The van der Waals surface area contributed by atoms with Gasteiger partial charge in [-0.3, -0.25) is 4.79 Å². The largest absolute Gasteiger partial charge is 0.451 e. The lowest BCUT2D eigenvalue weighted by molar-refractivity contribution is -0.168. The van der Waals surface area contributed by atoms with Gasteiger partial charge in [-0.05, 0) is 33.3 Å². The van der Waals surface area contributed by atoms with Crippen molar-refractivity contribution >= 4 is 11.9 Å². The fourth-order valence-corrected chi connectivity index (χ4v) is 2.13. The maximum Gasteiger partial charge on any atom is 0.335 e. The maximum absolute atomic E-state index is 12.7. The van der Waals surface area contributed by atoms with Crippen LogP contribution in [0.1, 0.15) is 33.3 Å². The summed E-state index contributed by atoms with van der Waals surface area (Å²) in [4.78, 5) is 26.3. The van der Waals surface area contributed by atoms with Gasteiger partial charge >= 0.3 is 5.97 Å². The van der Waals surface area contributed by atoms with Gasteiger partial charge < -0.3 is 14.4 Å². The van der Waals surface area contributed by atoms with E-state index in [1.807, 2.05) is 44.2 Å². The highest BCUT2D eigenvalue weighted by Crippen LogP contribution is 2.12. The molecule has 0 N–H and O–H groups in total. The third-order valence-corrected chi connectivity index (χ3v) is 3.54. The Labute approximate surface area is 144 Å². The number of rotatable bonds is 9. The summed E-state index contributed by atoms with van der Waals surface area (Å²) in [5.74, 6) is -0.778. The molecular weight excluding hydrogens is 306 g/mol. The molecule has 0 aromatic heterocycles. The number of benzene rings is 1. The molecule has 0 radical (unpaired) electrons. The summed E-state index contributed by atoms with van der Waals surface area (Å²) in [6, 6.07) is 9.71. The van der Waals surface area contributed by atoms with E-state index < -0.39 is 18.2 Å². The van der Waals surface area contributed by atoms with Gasteiger partial charge in [0.1, 0.15) is 0 Å². The van der Waals surface area contributed by atoms with Crippen LogP contribution in [0.15, 0.2) is 43.0 Å². The third-order valence-electron chi connectivity index (χ3n) is 3.54. The molecule has 0 fully saturated rings. The van der Waals surface area contributed by atoms with E-state index in [0.717, 1.165) is 5.56 Å². The summed E-state index contributed by atoms with van der Waals surface area (Å²) in [6.45, 7) is 11.3. The lowest BCUT2D eigenvalue weighted by Crippen LogP contribution is -2.44. The van der Waals surface area contributed by atoms with Crippen molar-refractivity contribution in [2.45, 2.75) is 52.5 Å². The topological polar surface area (TPSA) is 55.8 Å². The second kappa shape index (κ2) is 9.88. The SMILES string of the molecule is C=CCOC(C)C(=O)OC(C)C(=O)N(Cc1ccccc1)C(C)C. The minimum absolute atomic E-state index is 0.00621. The minimum atomic E-state index is -0.863. The molecule has 1 aromatic rings. The minimum Gasteiger partial charge on any atom is -0.451 e. The van der Waals surface area contributed by atoms with Crippen LogP contribution in [0.3, 0.4) is 0 Å². The smallest absolute Gasteiger partial charge is 0.335 e. The van der Waals surface area contributed by atoms with E-state index in [1.54, 1.807) is 24.8 Å². The second-order valence-corrected chi connectivity index (χ2v) is 5.89. The lowest BCUT2D eigenvalue weighted by Gasteiger charge is -2.29. The fraction of sp³-hybridized carbons (Fsp3) is 0.474. The molecule has 0 saturated carbocycles. The molecule has 0 aliphatic heterocycles. The first-order valence-electron chi connectivity index (χ1n) is 8.14. The first-order valence-corrected chi connectivity index (χ1v) is 8.14. The van der Waals surface area contributed by atoms with E-state index in [1.165, 1.54) is 0 Å². The van der Waals surface area contributed by atoms with E-state index in [0.29, 0.717) is 6.54 Å². The first-order chi connectivity index (χ1) is 11.4. The zero-order valence-electron chi connectivity index (χ0n) is 14.9. The predicted octanol–water partition coefficient (Wildman–Crippen LogP) is 2.95. The number of esters is 1. The van der Waals surface area contributed by atoms with Crippen molar-refractivity contribution < 1.29 is 19.1 Å². The van der Waals surface area contributed by atoms with Crippen LogP contribution in [0, 0.1) is 0 Å². The number of nitrogens with zero attached hydrogens (tertiary/aromatic N) is 1. The van der Waals surface area contributed by atoms with Crippen molar-refractivity contribution in [2.75, 3.05) is 6.61 Å². The highest BCUT2D eigenvalue weighted by Gasteiger charge is 2.27. The Hall–Kier alpha value is -2.14. The monoisotopic (exact) mass is 333 g/mol. The number of amides is 1. The molecular formula is C19H27NO4. The molecule has 2 unspecified atom stereocenters. The van der Waals surface area contributed by atoms with E-state index in [4.69, 9.17) is 9.47 Å². The van der Waals surface area contributed by atoms with E-state index >= 15 is 0 Å². The van der Waals surface area contributed by atoms with Gasteiger partial charge in [0.25, 0.3) is 5.91 Å². The highest BCUT2D eigenvalue weighted by molar-refractivity contribution is 5.84. The zero-order valence-corrected chi connectivity index (χ0v) is 14.9. The van der Waals surface area contributed by atoms with Gasteiger partial charge in [-0.15, -0.1) is 6.58 Å². The van der Waals surface area contributed by atoms with Crippen LogP contribution >= 0.6 is 0 Å². The van der Waals surface area contributed by atoms with Crippen LogP contribution in [0.5, 0.6) is 0 Å². The van der Waals surface area contributed by atoms with Crippen LogP contribution in [0.2, 0.25) is 0 Å². The Morgan fingerprint density at radius 3 is 2.29 bits per heavy atom. The van der Waals surface area contributed by atoms with Gasteiger partial charge in [-0.1, -0.05) is 36.4 Å². The zero-order chi connectivity index (χ0) is 18.1. The number of ether oxygens (including phenoxy) is 2. The van der Waals surface area contributed by atoms with Crippen LogP contribution in [-0.2, 0) is 25.6 Å². The molecule has 2 atom stereocenters. The Morgan fingerprint density at radius 1 is 1.12 bits per heavy atom. The molecule has 0 aliphatic rings. The average molecular weight is 333 g/mol. The molecule has 1 rings (SSSR count). The van der Waals surface area contributed by atoms with Gasteiger partial charge in [0.2, 0.25) is 0 Å². The van der Waals surface area contributed by atoms with Crippen molar-refractivity contribution in [2.24, 2.45) is 0 Å². The third kappa shape index (κ3) is 6.16. The molecule has 24 heavy (non-hydrogen) atoms. The van der Waals surface area contributed by atoms with Crippen molar-refractivity contribution in [3.63, 3.8) is 0 Å². The van der Waals surface area contributed by atoms with Gasteiger partial charge in [0.05, 0.1) is 6.61 Å². The van der Waals surface area contributed by atoms with E-state index in [-0.39, 0.29) is 18.6 Å². The Morgan fingerprint density at radius 2 is 1.75 bits per heavy atom. The number of hydrogen-bond acceptors (Lipinski definition) is 4. The van der Waals surface area contributed by atoms with Crippen molar-refractivity contribution in [3.05, 3.63) is 48.6 Å². The molecule has 132 valence electrons. The van der Waals surface area contributed by atoms with Crippen LogP contribution in [0.4, 0.5) is 0 Å². The summed E-state index contributed by atoms with van der Waals surface area (Å²) < 4.78 is 10.5. The molecule has 5 heteroatoms. The molecule has 0 spiro atoms. The lowest BCUT2D eigenvalue weighted by atomic mass is 10.1. The number of carbonyl (C=O) groups excluding carboxylic acids is 2. The predicted molar refractivity (Wildman–Crippen MR) is 93.3 cm³/mol. The summed E-state index contributed by atoms with van der Waals surface area (Å²) in [5.41, 5.74) is 1.03. The van der Waals surface area contributed by atoms with Crippen molar-refractivity contribution in [3.8, 4) is 0 Å². The maximum atomic E-state index is 12.7. The highest BCUT2D eigenvalue weighted by atomic mass is 16.6. The second-order valence-electron chi connectivity index (χ2n) is 5.89. The van der Waals surface area contributed by atoms with Crippen molar-refractivity contribution in [1.29, 1.82) is 0 Å². The standard InChI is InChI=1S/C19H27NO4/c1-6-12-23-16(5)19(22)24-15(4)18(21)20(14(2)3)13-17-10-8-7-9-11-17/h6-11,14-16H,1,12-13H2,2-5H3. The molecule has 0 heterocycles.